The minimum Gasteiger partial charge on any atom is -0.462 e. The molecule has 0 aromatic heterocycles. The summed E-state index contributed by atoms with van der Waals surface area (Å²) in [7, 11) is -4.43. The Labute approximate surface area is 298 Å². The lowest BCUT2D eigenvalue weighted by molar-refractivity contribution is -0.161. The Balaban J connectivity index is 4.45. The van der Waals surface area contributed by atoms with Crippen molar-refractivity contribution in [3.63, 3.8) is 0 Å². The summed E-state index contributed by atoms with van der Waals surface area (Å²) in [6.45, 7) is 5.02. The number of rotatable bonds is 39. The molecule has 0 aromatic carbocycles. The monoisotopic (exact) mass is 724 g/mol. The number of aliphatic hydroxyl groups excluding tert-OH is 1. The molecule has 0 saturated heterocycles. The van der Waals surface area contributed by atoms with Crippen molar-refractivity contribution in [2.75, 3.05) is 52.7 Å². The Morgan fingerprint density at radius 3 is 1.53 bits per heavy atom. The van der Waals surface area contributed by atoms with Gasteiger partial charge in [0, 0.05) is 25.9 Å². The summed E-state index contributed by atoms with van der Waals surface area (Å²) in [6, 6.07) is 0. The van der Waals surface area contributed by atoms with Gasteiger partial charge in [-0.3, -0.25) is 18.6 Å². The van der Waals surface area contributed by atoms with Gasteiger partial charge in [0.25, 0.3) is 0 Å². The highest BCUT2D eigenvalue weighted by atomic mass is 31.2. The number of nitrogens with one attached hydrogen (secondary N) is 1. The number of aliphatic hydroxyl groups is 1. The number of ether oxygens (including phenoxy) is 3. The molecule has 0 rings (SSSR count). The summed E-state index contributed by atoms with van der Waals surface area (Å²) < 4.78 is 38.5. The summed E-state index contributed by atoms with van der Waals surface area (Å²) in [5, 5.41) is 11.7. The first-order valence-corrected chi connectivity index (χ1v) is 21.2. The minimum absolute atomic E-state index is 0.0532. The van der Waals surface area contributed by atoms with Gasteiger partial charge in [0.1, 0.15) is 6.61 Å². The van der Waals surface area contributed by atoms with Gasteiger partial charge in [-0.25, -0.2) is 4.57 Å². The van der Waals surface area contributed by atoms with Crippen molar-refractivity contribution >= 4 is 19.8 Å². The molecule has 0 aliphatic rings. The molecule has 2 atom stereocenters. The van der Waals surface area contributed by atoms with E-state index < -0.39 is 26.5 Å². The van der Waals surface area contributed by atoms with Crippen LogP contribution in [0.5, 0.6) is 0 Å². The van der Waals surface area contributed by atoms with Crippen LogP contribution in [0.15, 0.2) is 0 Å². The highest BCUT2D eigenvalue weighted by Gasteiger charge is 2.26. The average molecular weight is 724 g/mol. The van der Waals surface area contributed by atoms with Crippen LogP contribution in [0.2, 0.25) is 0 Å². The number of esters is 2. The van der Waals surface area contributed by atoms with Gasteiger partial charge in [-0.15, -0.1) is 0 Å². The number of carbonyl (C=O) groups is 2. The molecule has 0 fully saturated rings. The predicted octanol–water partition coefficient (Wildman–Crippen LogP) is 8.58. The molecule has 0 aliphatic carbocycles. The molecule has 292 valence electrons. The molecule has 0 aliphatic heterocycles. The number of hydrogen-bond donors (Lipinski definition) is 3. The predicted molar refractivity (Wildman–Crippen MR) is 195 cm³/mol. The van der Waals surface area contributed by atoms with Crippen LogP contribution in [0.1, 0.15) is 168 Å². The van der Waals surface area contributed by atoms with Gasteiger partial charge in [0.05, 0.1) is 33.0 Å². The van der Waals surface area contributed by atoms with Crippen LogP contribution in [0, 0.1) is 0 Å². The first-order valence-electron chi connectivity index (χ1n) is 19.7. The smallest absolute Gasteiger partial charge is 0.462 e. The van der Waals surface area contributed by atoms with Crippen molar-refractivity contribution in [3.8, 4) is 0 Å². The van der Waals surface area contributed by atoms with Crippen LogP contribution in [0.4, 0.5) is 0 Å². The third kappa shape index (κ3) is 36.5. The Morgan fingerprint density at radius 2 is 1.04 bits per heavy atom. The molecule has 0 radical (unpaired) electrons. The first kappa shape index (κ1) is 47.9. The second kappa shape index (κ2) is 36.7. The molecule has 0 bridgehead atoms. The van der Waals surface area contributed by atoms with Crippen molar-refractivity contribution in [1.29, 1.82) is 0 Å². The van der Waals surface area contributed by atoms with Crippen LogP contribution < -0.4 is 5.32 Å². The minimum atomic E-state index is -4.43. The van der Waals surface area contributed by atoms with Crippen molar-refractivity contribution in [3.05, 3.63) is 0 Å². The molecule has 0 amide bonds. The van der Waals surface area contributed by atoms with Gasteiger partial charge in [0.15, 0.2) is 6.10 Å². The zero-order chi connectivity index (χ0) is 36.1. The molecule has 49 heavy (non-hydrogen) atoms. The lowest BCUT2D eigenvalue weighted by Crippen LogP contribution is -2.29. The number of hydrogen-bond acceptors (Lipinski definition) is 10. The van der Waals surface area contributed by atoms with E-state index in [1.807, 2.05) is 0 Å². The normalized spacial score (nSPS) is 13.3. The van der Waals surface area contributed by atoms with Crippen LogP contribution in [0.25, 0.3) is 0 Å². The summed E-state index contributed by atoms with van der Waals surface area (Å²) in [5.74, 6) is -0.841. The number of carbonyl (C=O) groups excluding carboxylic acids is 2. The maximum Gasteiger partial charge on any atom is 0.472 e. The van der Waals surface area contributed by atoms with E-state index in [1.54, 1.807) is 0 Å². The number of unbranched alkanes of at least 4 members (excludes halogenated alkanes) is 20. The van der Waals surface area contributed by atoms with E-state index in [0.29, 0.717) is 19.6 Å². The summed E-state index contributed by atoms with van der Waals surface area (Å²) in [5.41, 5.74) is 0. The second-order valence-corrected chi connectivity index (χ2v) is 14.5. The van der Waals surface area contributed by atoms with Gasteiger partial charge in [-0.1, -0.05) is 142 Å². The van der Waals surface area contributed by atoms with Gasteiger partial charge in [-0.05, 0) is 12.8 Å². The molecule has 0 saturated carbocycles. The molecular weight excluding hydrogens is 649 g/mol. The van der Waals surface area contributed by atoms with Crippen LogP contribution in [-0.4, -0.2) is 80.8 Å². The molecule has 2 unspecified atom stereocenters. The molecular formula is C37H74NO10P. The second-order valence-electron chi connectivity index (χ2n) is 13.0. The molecule has 12 heteroatoms. The van der Waals surface area contributed by atoms with Gasteiger partial charge < -0.3 is 29.5 Å². The van der Waals surface area contributed by atoms with Crippen molar-refractivity contribution in [2.24, 2.45) is 0 Å². The first-order chi connectivity index (χ1) is 23.8. The highest BCUT2D eigenvalue weighted by molar-refractivity contribution is 7.47. The molecule has 0 spiro atoms. The topological polar surface area (TPSA) is 150 Å². The van der Waals surface area contributed by atoms with Crippen LogP contribution in [-0.2, 0) is 37.4 Å². The molecule has 0 aromatic rings. The van der Waals surface area contributed by atoms with Crippen molar-refractivity contribution in [2.45, 2.75) is 174 Å². The summed E-state index contributed by atoms with van der Waals surface area (Å²) in [6.07, 6.45) is 25.4. The molecule has 11 nitrogen and oxygen atoms in total. The van der Waals surface area contributed by atoms with Crippen molar-refractivity contribution < 1.29 is 47.4 Å². The lowest BCUT2D eigenvalue weighted by atomic mass is 10.1. The van der Waals surface area contributed by atoms with Crippen LogP contribution in [0.3, 0.4) is 0 Å². The van der Waals surface area contributed by atoms with E-state index in [4.69, 9.17) is 28.4 Å². The van der Waals surface area contributed by atoms with Gasteiger partial charge in [0.2, 0.25) is 0 Å². The van der Waals surface area contributed by atoms with Gasteiger partial charge >= 0.3 is 19.8 Å². The highest BCUT2D eigenvalue weighted by Crippen LogP contribution is 2.43. The third-order valence-electron chi connectivity index (χ3n) is 8.31. The van der Waals surface area contributed by atoms with E-state index in [2.05, 4.69) is 19.2 Å². The Hall–Kier alpha value is -1.07. The fraction of sp³-hybridized carbons (Fsp3) is 0.946. The van der Waals surface area contributed by atoms with E-state index >= 15 is 0 Å². The Bertz CT molecular complexity index is 788. The zero-order valence-corrected chi connectivity index (χ0v) is 32.2. The van der Waals surface area contributed by atoms with E-state index in [-0.39, 0.29) is 51.8 Å². The third-order valence-corrected chi connectivity index (χ3v) is 9.30. The van der Waals surface area contributed by atoms with E-state index in [1.165, 1.54) is 96.3 Å². The quantitative estimate of drug-likeness (QED) is 0.0318. The molecule has 0 heterocycles. The Kier molecular flexibility index (Phi) is 35.9. The summed E-state index contributed by atoms with van der Waals surface area (Å²) >= 11 is 0. The van der Waals surface area contributed by atoms with Crippen molar-refractivity contribution in [1.82, 2.24) is 5.32 Å². The SMILES string of the molecule is CCCCCCCCCCCCCC(=O)OCC(COP(=O)(O)OCCNCCOCCO)OC(=O)CCCCCCCCCCCCC. The lowest BCUT2D eigenvalue weighted by Gasteiger charge is -2.20. The number of phosphoric ester groups is 1. The number of phosphoric acid groups is 1. The fourth-order valence-electron chi connectivity index (χ4n) is 5.37. The Morgan fingerprint density at radius 1 is 0.592 bits per heavy atom. The maximum atomic E-state index is 12.6. The van der Waals surface area contributed by atoms with E-state index in [9.17, 15) is 19.0 Å². The van der Waals surface area contributed by atoms with Crippen LogP contribution >= 0.6 is 7.82 Å². The maximum absolute atomic E-state index is 12.6. The average Bonchev–Trinajstić information content (AvgIpc) is 3.08. The fourth-order valence-corrected chi connectivity index (χ4v) is 6.12. The largest absolute Gasteiger partial charge is 0.472 e. The zero-order valence-electron chi connectivity index (χ0n) is 31.3. The molecule has 3 N–H and O–H groups in total. The standard InChI is InChI=1S/C37H74NO10P/c1-3-5-7-9-11-13-15-17-19-21-23-25-36(40)45-33-35(34-47-49(42,43)46-31-28-38-27-30-44-32-29-39)48-37(41)26-24-22-20-18-16-14-12-10-8-6-4-2/h35,38-39H,3-34H2,1-2H3,(H,42,43). The van der Waals surface area contributed by atoms with E-state index in [0.717, 1.165) is 38.5 Å². The van der Waals surface area contributed by atoms with Gasteiger partial charge in [-0.2, -0.15) is 0 Å². The summed E-state index contributed by atoms with van der Waals surface area (Å²) in [4.78, 5) is 35.1.